The molecular weight excluding hydrogens is 325 g/mol. The number of nitrogens with one attached hydrogen (secondary N) is 1. The molecule has 0 spiro atoms. The Hall–Kier alpha value is -2.70. The molecule has 1 N–H and O–H groups in total. The molecule has 1 aromatic carbocycles. The second-order valence-electron chi connectivity index (χ2n) is 6.01. The number of fused-ring (bicyclic) bond motifs is 1. The summed E-state index contributed by atoms with van der Waals surface area (Å²) in [6, 6.07) is 7.54. The van der Waals surface area contributed by atoms with Gasteiger partial charge in [0.2, 0.25) is 0 Å². The molecule has 1 unspecified atom stereocenters. The van der Waals surface area contributed by atoms with Gasteiger partial charge in [-0.3, -0.25) is 9.59 Å². The Bertz CT molecular complexity index is 835. The lowest BCUT2D eigenvalue weighted by Gasteiger charge is -2.15. The third-order valence-corrected chi connectivity index (χ3v) is 4.16. The van der Waals surface area contributed by atoms with Gasteiger partial charge in [0, 0.05) is 12.6 Å². The van der Waals surface area contributed by atoms with E-state index in [4.69, 9.17) is 4.74 Å². The predicted molar refractivity (Wildman–Crippen MR) is 90.0 cm³/mol. The van der Waals surface area contributed by atoms with E-state index in [9.17, 15) is 14.0 Å². The lowest BCUT2D eigenvalue weighted by molar-refractivity contribution is -0.127. The van der Waals surface area contributed by atoms with Gasteiger partial charge in [-0.05, 0) is 43.9 Å². The zero-order chi connectivity index (χ0) is 17.8. The van der Waals surface area contributed by atoms with Crippen LogP contribution in [0.1, 0.15) is 24.6 Å². The number of carbonyl (C=O) groups excluding carboxylic acids is 1. The first-order chi connectivity index (χ1) is 12.0. The molecule has 1 atom stereocenters. The van der Waals surface area contributed by atoms with Crippen LogP contribution in [0.3, 0.4) is 0 Å². The number of aryl methyl sites for hydroxylation is 2. The normalized spacial score (nSPS) is 14.0. The fourth-order valence-corrected chi connectivity index (χ4v) is 2.81. The summed E-state index contributed by atoms with van der Waals surface area (Å²) in [5.74, 6) is -0.866. The van der Waals surface area contributed by atoms with Crippen LogP contribution in [0.25, 0.3) is 0 Å². The number of halogens is 1. The Morgan fingerprint density at radius 3 is 3.00 bits per heavy atom. The number of para-hydroxylation sites is 1. The zero-order valence-corrected chi connectivity index (χ0v) is 14.0. The molecular formula is C18H20FN3O3. The highest BCUT2D eigenvalue weighted by molar-refractivity contribution is 5.80. The average molecular weight is 345 g/mol. The lowest BCUT2D eigenvalue weighted by Crippen LogP contribution is -2.39. The summed E-state index contributed by atoms with van der Waals surface area (Å²) in [4.78, 5) is 24.0. The molecule has 0 saturated heterocycles. The minimum absolute atomic E-state index is 0.0293. The summed E-state index contributed by atoms with van der Waals surface area (Å²) >= 11 is 0. The number of benzene rings is 1. The first-order valence-corrected chi connectivity index (χ1v) is 8.33. The summed E-state index contributed by atoms with van der Waals surface area (Å²) < 4.78 is 20.2. The van der Waals surface area contributed by atoms with Crippen molar-refractivity contribution in [1.82, 2.24) is 15.1 Å². The van der Waals surface area contributed by atoms with Crippen molar-refractivity contribution >= 4 is 5.91 Å². The third-order valence-electron chi connectivity index (χ3n) is 4.16. The minimum atomic E-state index is -0.846. The predicted octanol–water partition coefficient (Wildman–Crippen LogP) is 1.45. The van der Waals surface area contributed by atoms with Gasteiger partial charge in [0.1, 0.15) is 0 Å². The van der Waals surface area contributed by atoms with Gasteiger partial charge in [-0.1, -0.05) is 12.1 Å². The number of rotatable bonds is 6. The van der Waals surface area contributed by atoms with Crippen molar-refractivity contribution in [3.8, 4) is 5.75 Å². The second-order valence-corrected chi connectivity index (χ2v) is 6.01. The van der Waals surface area contributed by atoms with E-state index in [0.717, 1.165) is 30.5 Å². The van der Waals surface area contributed by atoms with Gasteiger partial charge in [0.15, 0.2) is 17.7 Å². The van der Waals surface area contributed by atoms with Crippen molar-refractivity contribution in [3.63, 3.8) is 0 Å². The lowest BCUT2D eigenvalue weighted by atomic mass is 10.2. The first kappa shape index (κ1) is 17.1. The molecule has 0 fully saturated rings. The molecule has 25 heavy (non-hydrogen) atoms. The van der Waals surface area contributed by atoms with E-state index in [0.29, 0.717) is 0 Å². The fraction of sp³-hybridized carbons (Fsp3) is 0.389. The van der Waals surface area contributed by atoms with Crippen molar-refractivity contribution < 1.29 is 13.9 Å². The van der Waals surface area contributed by atoms with E-state index in [2.05, 4.69) is 10.4 Å². The summed E-state index contributed by atoms with van der Waals surface area (Å²) in [6.07, 6.45) is 1.96. The van der Waals surface area contributed by atoms with Gasteiger partial charge in [-0.25, -0.2) is 9.07 Å². The van der Waals surface area contributed by atoms with Crippen molar-refractivity contribution in [1.29, 1.82) is 0 Å². The van der Waals surface area contributed by atoms with Gasteiger partial charge in [0.25, 0.3) is 11.5 Å². The molecule has 6 nitrogen and oxygen atoms in total. The largest absolute Gasteiger partial charge is 0.478 e. The van der Waals surface area contributed by atoms with Crippen LogP contribution in [-0.2, 0) is 24.2 Å². The molecule has 0 radical (unpaired) electrons. The van der Waals surface area contributed by atoms with Crippen LogP contribution in [-0.4, -0.2) is 28.3 Å². The standard InChI is InChI=1S/C18H20FN3O3/c1-12(25-16-8-3-2-6-14(16)19)18(24)20-9-10-22-17(23)11-13-5-4-7-15(13)21-22/h2-3,6,8,11-12H,4-5,7,9-10H2,1H3,(H,20,24). The molecule has 1 heterocycles. The first-order valence-electron chi connectivity index (χ1n) is 8.33. The van der Waals surface area contributed by atoms with Crippen LogP contribution in [0.4, 0.5) is 4.39 Å². The molecule has 132 valence electrons. The third kappa shape index (κ3) is 4.04. The average Bonchev–Trinajstić information content (AvgIpc) is 3.04. The van der Waals surface area contributed by atoms with Gasteiger partial charge in [0.05, 0.1) is 12.2 Å². The molecule has 2 aromatic rings. The van der Waals surface area contributed by atoms with E-state index in [1.165, 1.54) is 16.8 Å². The summed E-state index contributed by atoms with van der Waals surface area (Å²) in [6.45, 7) is 2.07. The molecule has 1 aromatic heterocycles. The molecule has 0 bridgehead atoms. The quantitative estimate of drug-likeness (QED) is 0.860. The van der Waals surface area contributed by atoms with Crippen LogP contribution >= 0.6 is 0 Å². The van der Waals surface area contributed by atoms with Crippen LogP contribution in [0.2, 0.25) is 0 Å². The van der Waals surface area contributed by atoms with E-state index < -0.39 is 11.9 Å². The van der Waals surface area contributed by atoms with Crippen LogP contribution < -0.4 is 15.6 Å². The van der Waals surface area contributed by atoms with Crippen molar-refractivity contribution in [2.75, 3.05) is 6.54 Å². The maximum Gasteiger partial charge on any atom is 0.267 e. The molecule has 7 heteroatoms. The Morgan fingerprint density at radius 1 is 1.40 bits per heavy atom. The molecule has 0 aliphatic heterocycles. The number of amides is 1. The van der Waals surface area contributed by atoms with E-state index in [1.54, 1.807) is 25.1 Å². The fourth-order valence-electron chi connectivity index (χ4n) is 2.81. The van der Waals surface area contributed by atoms with E-state index >= 15 is 0 Å². The number of hydrogen-bond donors (Lipinski definition) is 1. The molecule has 3 rings (SSSR count). The topological polar surface area (TPSA) is 73.2 Å². The monoisotopic (exact) mass is 345 g/mol. The number of aromatic nitrogens is 2. The number of ether oxygens (including phenoxy) is 1. The summed E-state index contributed by atoms with van der Waals surface area (Å²) in [7, 11) is 0. The SMILES string of the molecule is CC(Oc1ccccc1F)C(=O)NCCn1nc2c(cc1=O)CCC2. The minimum Gasteiger partial charge on any atom is -0.478 e. The Balaban J connectivity index is 1.53. The zero-order valence-electron chi connectivity index (χ0n) is 14.0. The maximum absolute atomic E-state index is 13.5. The number of nitrogens with zero attached hydrogens (tertiary/aromatic N) is 2. The van der Waals surface area contributed by atoms with Crippen LogP contribution in [0.15, 0.2) is 35.1 Å². The summed E-state index contributed by atoms with van der Waals surface area (Å²) in [5, 5.41) is 7.03. The Morgan fingerprint density at radius 2 is 2.20 bits per heavy atom. The maximum atomic E-state index is 13.5. The molecule has 0 saturated carbocycles. The van der Waals surface area contributed by atoms with Crippen molar-refractivity contribution in [3.05, 3.63) is 57.8 Å². The van der Waals surface area contributed by atoms with Crippen molar-refractivity contribution in [2.45, 2.75) is 38.8 Å². The highest BCUT2D eigenvalue weighted by Gasteiger charge is 2.17. The molecule has 1 aliphatic carbocycles. The molecule has 1 aliphatic rings. The second kappa shape index (κ2) is 7.46. The van der Waals surface area contributed by atoms with Gasteiger partial charge >= 0.3 is 0 Å². The smallest absolute Gasteiger partial charge is 0.267 e. The van der Waals surface area contributed by atoms with Crippen LogP contribution in [0.5, 0.6) is 5.75 Å². The highest BCUT2D eigenvalue weighted by atomic mass is 19.1. The Kier molecular flexibility index (Phi) is 5.11. The van der Waals surface area contributed by atoms with E-state index in [1.807, 2.05) is 0 Å². The van der Waals surface area contributed by atoms with E-state index in [-0.39, 0.29) is 30.3 Å². The van der Waals surface area contributed by atoms with Gasteiger partial charge in [-0.2, -0.15) is 5.10 Å². The van der Waals surface area contributed by atoms with Gasteiger partial charge < -0.3 is 10.1 Å². The molecule has 1 amide bonds. The Labute approximate surface area is 144 Å². The van der Waals surface area contributed by atoms with Crippen molar-refractivity contribution in [2.24, 2.45) is 0 Å². The summed E-state index contributed by atoms with van der Waals surface area (Å²) in [5.41, 5.74) is 1.82. The number of hydrogen-bond acceptors (Lipinski definition) is 4. The highest BCUT2D eigenvalue weighted by Crippen LogP contribution is 2.17. The number of carbonyl (C=O) groups is 1. The van der Waals surface area contributed by atoms with Crippen LogP contribution in [0, 0.1) is 5.82 Å². The van der Waals surface area contributed by atoms with Gasteiger partial charge in [-0.15, -0.1) is 0 Å².